The molecule has 0 atom stereocenters. The first-order valence-electron chi connectivity index (χ1n) is 16.5. The lowest BCUT2D eigenvalue weighted by molar-refractivity contribution is 0.236. The molecule has 0 saturated carbocycles. The summed E-state index contributed by atoms with van der Waals surface area (Å²) in [7, 11) is 0. The highest BCUT2D eigenvalue weighted by atomic mass is 16.3. The molecule has 0 spiro atoms. The molecule has 0 amide bonds. The summed E-state index contributed by atoms with van der Waals surface area (Å²) in [4.78, 5) is 2.23. The Hall–Kier alpha value is -0.540. The maximum atomic E-state index is 9.01. The highest BCUT2D eigenvalue weighted by molar-refractivity contribution is 4.82. The van der Waals surface area contributed by atoms with Crippen LogP contribution in [0.4, 0.5) is 0 Å². The normalized spacial score (nSPS) is 11.6. The second-order valence-electron chi connectivity index (χ2n) is 11.1. The summed E-state index contributed by atoms with van der Waals surface area (Å²) in [6, 6.07) is 0. The van der Waals surface area contributed by atoms with Crippen LogP contribution in [-0.2, 0) is 0 Å². The fourth-order valence-electron chi connectivity index (χ4n) is 5.08. The molecule has 0 aliphatic heterocycles. The number of aliphatic hydroxyl groups is 2. The Morgan fingerprint density at radius 3 is 1.03 bits per heavy atom. The Morgan fingerprint density at radius 2 is 0.722 bits per heavy atom. The zero-order valence-electron chi connectivity index (χ0n) is 24.7. The van der Waals surface area contributed by atoms with Gasteiger partial charge in [-0.05, 0) is 31.9 Å². The van der Waals surface area contributed by atoms with Crippen molar-refractivity contribution >= 4 is 0 Å². The monoisotopic (exact) mass is 510 g/mol. The molecule has 3 heteroatoms. The third-order valence-electron chi connectivity index (χ3n) is 7.50. The van der Waals surface area contributed by atoms with Crippen molar-refractivity contribution in [2.75, 3.05) is 26.3 Å². The molecule has 0 bridgehead atoms. The molecule has 0 aliphatic rings. The molecule has 0 radical (unpaired) electrons. The van der Waals surface area contributed by atoms with Gasteiger partial charge in [0.25, 0.3) is 0 Å². The molecule has 0 aromatic rings. The first-order valence-corrected chi connectivity index (χ1v) is 16.5. The molecule has 0 heterocycles. The van der Waals surface area contributed by atoms with Crippen LogP contribution < -0.4 is 0 Å². The maximum Gasteiger partial charge on any atom is 0.0447 e. The largest absolute Gasteiger partial charge is 0.396 e. The van der Waals surface area contributed by atoms with E-state index in [2.05, 4.69) is 24.1 Å². The summed E-state index contributed by atoms with van der Waals surface area (Å²) in [5, 5.41) is 18.0. The van der Waals surface area contributed by atoms with Crippen molar-refractivity contribution in [2.24, 2.45) is 0 Å². The van der Waals surface area contributed by atoms with E-state index < -0.39 is 0 Å². The third kappa shape index (κ3) is 29.7. The van der Waals surface area contributed by atoms with Crippen LogP contribution in [0.15, 0.2) is 12.3 Å². The van der Waals surface area contributed by atoms with Crippen LogP contribution in [-0.4, -0.2) is 41.4 Å². The molecule has 0 aromatic heterocycles. The van der Waals surface area contributed by atoms with E-state index in [1.807, 2.05) is 0 Å². The predicted molar refractivity (Wildman–Crippen MR) is 161 cm³/mol. The van der Waals surface area contributed by atoms with Crippen molar-refractivity contribution in [3.05, 3.63) is 12.3 Å². The smallest absolute Gasteiger partial charge is 0.0447 e. The molecular formula is C33H67NO2. The lowest BCUT2D eigenvalue weighted by Crippen LogP contribution is -2.21. The van der Waals surface area contributed by atoms with Gasteiger partial charge in [0.15, 0.2) is 0 Å². The van der Waals surface area contributed by atoms with Crippen molar-refractivity contribution < 1.29 is 10.2 Å². The van der Waals surface area contributed by atoms with E-state index in [0.717, 1.165) is 32.4 Å². The van der Waals surface area contributed by atoms with Crippen LogP contribution in [0.3, 0.4) is 0 Å². The van der Waals surface area contributed by atoms with Crippen LogP contribution in [0.25, 0.3) is 0 Å². The van der Waals surface area contributed by atoms with E-state index in [1.54, 1.807) is 0 Å². The molecule has 216 valence electrons. The van der Waals surface area contributed by atoms with Crippen molar-refractivity contribution in [3.8, 4) is 0 Å². The number of unbranched alkanes of at least 4 members (excludes halogenated alkanes) is 23. The number of hydrogen-bond donors (Lipinski definition) is 2. The van der Waals surface area contributed by atoms with E-state index in [0.29, 0.717) is 0 Å². The van der Waals surface area contributed by atoms with Crippen molar-refractivity contribution in [2.45, 2.75) is 174 Å². The summed E-state index contributed by atoms with van der Waals surface area (Å²) in [5.74, 6) is 0. The minimum atomic E-state index is 0.239. The van der Waals surface area contributed by atoms with Crippen molar-refractivity contribution in [3.63, 3.8) is 0 Å². The maximum absolute atomic E-state index is 9.01. The number of rotatable bonds is 31. The van der Waals surface area contributed by atoms with Crippen molar-refractivity contribution in [1.29, 1.82) is 0 Å². The highest BCUT2D eigenvalue weighted by Crippen LogP contribution is 2.15. The molecule has 0 aliphatic carbocycles. The zero-order chi connectivity index (χ0) is 26.2. The Kier molecular flexibility index (Phi) is 32.0. The van der Waals surface area contributed by atoms with Crippen molar-refractivity contribution in [1.82, 2.24) is 4.90 Å². The number of allylic oxidation sites excluding steroid dienone is 1. The molecule has 0 unspecified atom stereocenters. The van der Waals surface area contributed by atoms with Gasteiger partial charge in [0.2, 0.25) is 0 Å². The van der Waals surface area contributed by atoms with Gasteiger partial charge in [0, 0.05) is 26.3 Å². The molecular weight excluding hydrogens is 442 g/mol. The second-order valence-corrected chi connectivity index (χ2v) is 11.1. The topological polar surface area (TPSA) is 43.7 Å². The Labute approximate surface area is 227 Å². The standard InChI is InChI=1S/C33H67NO2/c1-2-3-4-5-6-7-8-9-10-11-12-13-14-15-16-17-18-19-20-21-22-23-24-25-26-29-34(30-27-32-35)31-28-33-36/h26,29,35-36H,2-25,27-28,30-33H2,1H3. The van der Waals surface area contributed by atoms with Gasteiger partial charge in [-0.25, -0.2) is 0 Å². The number of hydrogen-bond acceptors (Lipinski definition) is 3. The van der Waals surface area contributed by atoms with Gasteiger partial charge in [-0.1, -0.05) is 154 Å². The Balaban J connectivity index is 3.23. The van der Waals surface area contributed by atoms with Gasteiger partial charge in [-0.2, -0.15) is 0 Å². The van der Waals surface area contributed by atoms with Crippen LogP contribution >= 0.6 is 0 Å². The predicted octanol–water partition coefficient (Wildman–Crippen LogP) is 9.95. The summed E-state index contributed by atoms with van der Waals surface area (Å²) >= 11 is 0. The average molecular weight is 510 g/mol. The highest BCUT2D eigenvalue weighted by Gasteiger charge is 1.99. The van der Waals surface area contributed by atoms with Gasteiger partial charge in [0.1, 0.15) is 0 Å². The van der Waals surface area contributed by atoms with E-state index in [9.17, 15) is 0 Å². The van der Waals surface area contributed by atoms with Crippen LogP contribution in [0.5, 0.6) is 0 Å². The van der Waals surface area contributed by atoms with Gasteiger partial charge in [0.05, 0.1) is 0 Å². The third-order valence-corrected chi connectivity index (χ3v) is 7.50. The summed E-state index contributed by atoms with van der Waals surface area (Å²) in [6.07, 6.45) is 40.2. The van der Waals surface area contributed by atoms with Crippen LogP contribution in [0, 0.1) is 0 Å². The first kappa shape index (κ1) is 35.5. The Morgan fingerprint density at radius 1 is 0.417 bits per heavy atom. The summed E-state index contributed by atoms with van der Waals surface area (Å²) in [6.45, 7) is 4.54. The van der Waals surface area contributed by atoms with Gasteiger partial charge in [-0.15, -0.1) is 0 Å². The SMILES string of the molecule is CCCCCCCCCCCCCCCCCCCCCCCCCC=CN(CCCO)CCCO. The molecule has 3 nitrogen and oxygen atoms in total. The fraction of sp³-hybridized carbons (Fsp3) is 0.939. The summed E-state index contributed by atoms with van der Waals surface area (Å²) in [5.41, 5.74) is 0. The molecule has 0 aromatic carbocycles. The number of aliphatic hydroxyl groups excluding tert-OH is 2. The molecule has 0 fully saturated rings. The zero-order valence-corrected chi connectivity index (χ0v) is 24.7. The minimum Gasteiger partial charge on any atom is -0.396 e. The van der Waals surface area contributed by atoms with E-state index >= 15 is 0 Å². The second kappa shape index (κ2) is 32.5. The van der Waals surface area contributed by atoms with Gasteiger partial charge >= 0.3 is 0 Å². The lowest BCUT2D eigenvalue weighted by Gasteiger charge is -2.19. The summed E-state index contributed by atoms with van der Waals surface area (Å²) < 4.78 is 0. The minimum absolute atomic E-state index is 0.239. The van der Waals surface area contributed by atoms with E-state index in [-0.39, 0.29) is 13.2 Å². The molecule has 0 rings (SSSR count). The van der Waals surface area contributed by atoms with Gasteiger partial charge < -0.3 is 15.1 Å². The molecule has 0 saturated heterocycles. The quantitative estimate of drug-likeness (QED) is 0.0913. The van der Waals surface area contributed by atoms with E-state index in [1.165, 1.54) is 148 Å². The average Bonchev–Trinajstić information content (AvgIpc) is 2.89. The van der Waals surface area contributed by atoms with E-state index in [4.69, 9.17) is 10.2 Å². The Bertz CT molecular complexity index is 404. The first-order chi connectivity index (χ1) is 17.8. The number of nitrogens with zero attached hydrogens (tertiary/aromatic N) is 1. The van der Waals surface area contributed by atoms with Crippen LogP contribution in [0.2, 0.25) is 0 Å². The molecule has 36 heavy (non-hydrogen) atoms. The lowest BCUT2D eigenvalue weighted by atomic mass is 10.0. The van der Waals surface area contributed by atoms with Crippen LogP contribution in [0.1, 0.15) is 174 Å². The fourth-order valence-corrected chi connectivity index (χ4v) is 5.08. The van der Waals surface area contributed by atoms with Gasteiger partial charge in [-0.3, -0.25) is 0 Å². The molecule has 2 N–H and O–H groups in total.